The van der Waals surface area contributed by atoms with Crippen molar-refractivity contribution >= 4 is 11.7 Å². The number of halogens is 1. The number of aryl methyl sites for hydroxylation is 2. The average molecular weight is 366 g/mol. The van der Waals surface area contributed by atoms with Gasteiger partial charge in [-0.1, -0.05) is 29.8 Å². The highest BCUT2D eigenvalue weighted by atomic mass is 19.1. The lowest BCUT2D eigenvalue weighted by Gasteiger charge is -2.17. The molecule has 1 aromatic heterocycles. The second-order valence-corrected chi connectivity index (χ2v) is 6.77. The highest BCUT2D eigenvalue weighted by Crippen LogP contribution is 2.18. The molecule has 0 saturated carbocycles. The van der Waals surface area contributed by atoms with Crippen molar-refractivity contribution in [3.05, 3.63) is 77.2 Å². The van der Waals surface area contributed by atoms with Gasteiger partial charge in [-0.05, 0) is 50.7 Å². The van der Waals surface area contributed by atoms with E-state index in [1.807, 2.05) is 62.2 Å². The van der Waals surface area contributed by atoms with Crippen molar-refractivity contribution in [3.8, 4) is 5.69 Å². The van der Waals surface area contributed by atoms with Crippen LogP contribution in [0.1, 0.15) is 16.8 Å². The molecule has 0 unspecified atom stereocenters. The van der Waals surface area contributed by atoms with Crippen LogP contribution in [0.3, 0.4) is 0 Å². The summed E-state index contributed by atoms with van der Waals surface area (Å²) in [6, 6.07) is 16.2. The van der Waals surface area contributed by atoms with E-state index in [2.05, 4.69) is 10.4 Å². The monoisotopic (exact) mass is 366 g/mol. The lowest BCUT2D eigenvalue weighted by atomic mass is 10.2. The van der Waals surface area contributed by atoms with Crippen LogP contribution in [0.5, 0.6) is 0 Å². The first-order valence-electron chi connectivity index (χ1n) is 8.77. The third-order valence-electron chi connectivity index (χ3n) is 4.13. The third kappa shape index (κ3) is 5.01. The van der Waals surface area contributed by atoms with E-state index in [1.54, 1.807) is 10.7 Å². The molecule has 0 fully saturated rings. The van der Waals surface area contributed by atoms with E-state index in [4.69, 9.17) is 0 Å². The summed E-state index contributed by atoms with van der Waals surface area (Å²) >= 11 is 0. The first-order valence-corrected chi connectivity index (χ1v) is 8.77. The van der Waals surface area contributed by atoms with Crippen LogP contribution < -0.4 is 5.32 Å². The standard InChI is InChI=1S/C21H23FN4O/c1-15-7-9-19(10-8-15)26-20(11-16(2)24-26)23-21(27)14-25(3)13-17-5-4-6-18(22)12-17/h4-12H,13-14H2,1-3H3,(H,23,27). The maximum Gasteiger partial charge on any atom is 0.239 e. The highest BCUT2D eigenvalue weighted by molar-refractivity contribution is 5.91. The Kier molecular flexibility index (Phi) is 5.66. The maximum absolute atomic E-state index is 13.3. The molecule has 1 amide bonds. The van der Waals surface area contributed by atoms with Crippen LogP contribution in [0, 0.1) is 19.7 Å². The van der Waals surface area contributed by atoms with Crippen LogP contribution in [0.2, 0.25) is 0 Å². The van der Waals surface area contributed by atoms with Gasteiger partial charge in [0.2, 0.25) is 5.91 Å². The molecule has 2 aromatic carbocycles. The quantitative estimate of drug-likeness (QED) is 0.724. The van der Waals surface area contributed by atoms with Crippen LogP contribution in [0.25, 0.3) is 5.69 Å². The minimum Gasteiger partial charge on any atom is -0.309 e. The van der Waals surface area contributed by atoms with Gasteiger partial charge in [0.1, 0.15) is 11.6 Å². The predicted molar refractivity (Wildman–Crippen MR) is 104 cm³/mol. The molecular weight excluding hydrogens is 343 g/mol. The molecule has 0 aliphatic heterocycles. The van der Waals surface area contributed by atoms with Crippen molar-refractivity contribution in [2.45, 2.75) is 20.4 Å². The van der Waals surface area contributed by atoms with Gasteiger partial charge in [-0.25, -0.2) is 9.07 Å². The number of aromatic nitrogens is 2. The van der Waals surface area contributed by atoms with Crippen LogP contribution in [0.4, 0.5) is 10.2 Å². The van der Waals surface area contributed by atoms with E-state index in [0.717, 1.165) is 22.5 Å². The minimum absolute atomic E-state index is 0.151. The lowest BCUT2D eigenvalue weighted by molar-refractivity contribution is -0.117. The molecule has 1 heterocycles. The molecule has 0 atom stereocenters. The zero-order valence-electron chi connectivity index (χ0n) is 15.7. The van der Waals surface area contributed by atoms with Crippen molar-refractivity contribution in [3.63, 3.8) is 0 Å². The SMILES string of the molecule is Cc1ccc(-n2nc(C)cc2NC(=O)CN(C)Cc2cccc(F)c2)cc1. The van der Waals surface area contributed by atoms with Gasteiger partial charge in [0.05, 0.1) is 17.9 Å². The number of likely N-dealkylation sites (N-methyl/N-ethyl adjacent to an activating group) is 1. The molecule has 5 nitrogen and oxygen atoms in total. The molecule has 0 aliphatic rings. The van der Waals surface area contributed by atoms with Gasteiger partial charge in [-0.2, -0.15) is 5.10 Å². The Morgan fingerprint density at radius 1 is 1.15 bits per heavy atom. The molecule has 1 N–H and O–H groups in total. The molecule has 0 radical (unpaired) electrons. The number of benzene rings is 2. The average Bonchev–Trinajstić information content (AvgIpc) is 2.95. The second kappa shape index (κ2) is 8.14. The third-order valence-corrected chi connectivity index (χ3v) is 4.13. The fourth-order valence-electron chi connectivity index (χ4n) is 2.90. The van der Waals surface area contributed by atoms with Gasteiger partial charge in [0.25, 0.3) is 0 Å². The van der Waals surface area contributed by atoms with E-state index in [0.29, 0.717) is 12.4 Å². The summed E-state index contributed by atoms with van der Waals surface area (Å²) in [6.45, 7) is 4.59. The summed E-state index contributed by atoms with van der Waals surface area (Å²) < 4.78 is 15.0. The van der Waals surface area contributed by atoms with Gasteiger partial charge in [0.15, 0.2) is 0 Å². The number of rotatable bonds is 6. The van der Waals surface area contributed by atoms with Crippen molar-refractivity contribution in [2.75, 3.05) is 18.9 Å². The summed E-state index contributed by atoms with van der Waals surface area (Å²) in [5.74, 6) is 0.200. The normalized spacial score (nSPS) is 11.0. The second-order valence-electron chi connectivity index (χ2n) is 6.77. The number of hydrogen-bond donors (Lipinski definition) is 1. The number of nitrogens with zero attached hydrogens (tertiary/aromatic N) is 3. The van der Waals surface area contributed by atoms with Gasteiger partial charge in [-0.3, -0.25) is 9.69 Å². The summed E-state index contributed by atoms with van der Waals surface area (Å²) in [6.07, 6.45) is 0. The Labute approximate surface area is 158 Å². The van der Waals surface area contributed by atoms with Gasteiger partial charge in [-0.15, -0.1) is 0 Å². The van der Waals surface area contributed by atoms with E-state index >= 15 is 0 Å². The number of amides is 1. The van der Waals surface area contributed by atoms with Gasteiger partial charge in [0, 0.05) is 12.6 Å². The lowest BCUT2D eigenvalue weighted by Crippen LogP contribution is -2.30. The molecular formula is C21H23FN4O. The molecule has 140 valence electrons. The number of hydrogen-bond acceptors (Lipinski definition) is 3. The molecule has 0 bridgehead atoms. The zero-order valence-corrected chi connectivity index (χ0v) is 15.7. The van der Waals surface area contributed by atoms with Crippen LogP contribution in [0.15, 0.2) is 54.6 Å². The van der Waals surface area contributed by atoms with Gasteiger partial charge < -0.3 is 5.32 Å². The Balaban J connectivity index is 1.66. The highest BCUT2D eigenvalue weighted by Gasteiger charge is 2.13. The maximum atomic E-state index is 13.3. The Hall–Kier alpha value is -2.99. The first kappa shape index (κ1) is 18.8. The molecule has 27 heavy (non-hydrogen) atoms. The summed E-state index contributed by atoms with van der Waals surface area (Å²) in [5.41, 5.74) is 3.69. The number of anilines is 1. The number of carbonyl (C=O) groups excluding carboxylic acids is 1. The van der Waals surface area contributed by atoms with Crippen LogP contribution >= 0.6 is 0 Å². The van der Waals surface area contributed by atoms with Gasteiger partial charge >= 0.3 is 0 Å². The number of carbonyl (C=O) groups is 1. The molecule has 3 rings (SSSR count). The summed E-state index contributed by atoms with van der Waals surface area (Å²) in [4.78, 5) is 14.3. The molecule has 0 aliphatic carbocycles. The van der Waals surface area contributed by atoms with E-state index in [9.17, 15) is 9.18 Å². The molecule has 3 aromatic rings. The fraction of sp³-hybridized carbons (Fsp3) is 0.238. The van der Waals surface area contributed by atoms with Crippen molar-refractivity contribution in [1.29, 1.82) is 0 Å². The van der Waals surface area contributed by atoms with Crippen LogP contribution in [-0.2, 0) is 11.3 Å². The Morgan fingerprint density at radius 2 is 1.89 bits per heavy atom. The zero-order chi connectivity index (χ0) is 19.4. The van der Waals surface area contributed by atoms with E-state index in [1.165, 1.54) is 12.1 Å². The largest absolute Gasteiger partial charge is 0.309 e. The summed E-state index contributed by atoms with van der Waals surface area (Å²) in [7, 11) is 1.83. The van der Waals surface area contributed by atoms with E-state index in [-0.39, 0.29) is 18.3 Å². The predicted octanol–water partition coefficient (Wildman–Crippen LogP) is 3.70. The smallest absolute Gasteiger partial charge is 0.239 e. The molecule has 0 saturated heterocycles. The topological polar surface area (TPSA) is 50.2 Å². The Morgan fingerprint density at radius 3 is 2.59 bits per heavy atom. The van der Waals surface area contributed by atoms with Crippen molar-refractivity contribution < 1.29 is 9.18 Å². The first-order chi connectivity index (χ1) is 12.9. The summed E-state index contributed by atoms with van der Waals surface area (Å²) in [5, 5.41) is 7.39. The number of nitrogens with one attached hydrogen (secondary N) is 1. The van der Waals surface area contributed by atoms with Crippen molar-refractivity contribution in [1.82, 2.24) is 14.7 Å². The minimum atomic E-state index is -0.275. The molecule has 0 spiro atoms. The van der Waals surface area contributed by atoms with Crippen molar-refractivity contribution in [2.24, 2.45) is 0 Å². The Bertz CT molecular complexity index is 934. The van der Waals surface area contributed by atoms with E-state index < -0.39 is 0 Å². The van der Waals surface area contributed by atoms with Crippen LogP contribution in [-0.4, -0.2) is 34.2 Å². The molecule has 6 heteroatoms. The fourth-order valence-corrected chi connectivity index (χ4v) is 2.90.